The van der Waals surface area contributed by atoms with Crippen molar-refractivity contribution in [1.82, 2.24) is 0 Å². The molecule has 0 aliphatic rings. The van der Waals surface area contributed by atoms with Crippen LogP contribution in [-0.4, -0.2) is 6.54 Å². The molecule has 1 atom stereocenters. The molecule has 3 heteroatoms. The first-order valence-corrected chi connectivity index (χ1v) is 5.51. The smallest absolute Gasteiger partial charge is 0.140 e. The third-order valence-corrected chi connectivity index (χ3v) is 2.91. The maximum atomic E-state index is 13.7. The summed E-state index contributed by atoms with van der Waals surface area (Å²) >= 11 is 3.21. The van der Waals surface area contributed by atoms with Gasteiger partial charge in [-0.2, -0.15) is 0 Å². The van der Waals surface area contributed by atoms with Crippen molar-refractivity contribution in [2.75, 3.05) is 6.54 Å². The van der Waals surface area contributed by atoms with Crippen molar-refractivity contribution >= 4 is 15.9 Å². The van der Waals surface area contributed by atoms with E-state index >= 15 is 0 Å². The van der Waals surface area contributed by atoms with Gasteiger partial charge in [0.05, 0.1) is 4.47 Å². The first-order chi connectivity index (χ1) is 6.56. The lowest BCUT2D eigenvalue weighted by Crippen LogP contribution is -2.06. The average Bonchev–Trinajstić information content (AvgIpc) is 2.11. The quantitative estimate of drug-likeness (QED) is 0.886. The summed E-state index contributed by atoms with van der Waals surface area (Å²) in [5.41, 5.74) is 7.28. The predicted octanol–water partition coefficient (Wildman–Crippen LogP) is 3.35. The normalized spacial score (nSPS) is 12.9. The number of benzene rings is 1. The molecule has 1 aromatic carbocycles. The van der Waals surface area contributed by atoms with Gasteiger partial charge in [-0.25, -0.2) is 4.39 Å². The van der Waals surface area contributed by atoms with Gasteiger partial charge in [-0.05, 0) is 58.9 Å². The molecule has 0 amide bonds. The Hall–Kier alpha value is -0.410. The fraction of sp³-hybridized carbons (Fsp3) is 0.455. The fourth-order valence-electron chi connectivity index (χ4n) is 1.52. The highest BCUT2D eigenvalue weighted by molar-refractivity contribution is 9.10. The molecule has 1 rings (SSSR count). The standard InChI is InChI=1S/C11H15BrFN/c1-7-5-9(8(2)3-4-14)11(13)10(12)6-7/h5-6,8H,3-4,14H2,1-2H3. The minimum atomic E-state index is -0.156. The molecule has 0 aliphatic heterocycles. The summed E-state index contributed by atoms with van der Waals surface area (Å²) in [5, 5.41) is 0. The molecule has 0 saturated carbocycles. The molecule has 2 N–H and O–H groups in total. The molecule has 0 aliphatic carbocycles. The SMILES string of the molecule is Cc1cc(Br)c(F)c(C(C)CCN)c1. The van der Waals surface area contributed by atoms with Crippen LogP contribution in [0.3, 0.4) is 0 Å². The predicted molar refractivity (Wildman–Crippen MR) is 60.9 cm³/mol. The van der Waals surface area contributed by atoms with Crippen LogP contribution in [0.15, 0.2) is 16.6 Å². The van der Waals surface area contributed by atoms with Crippen molar-refractivity contribution < 1.29 is 4.39 Å². The van der Waals surface area contributed by atoms with Crippen LogP contribution in [0.1, 0.15) is 30.4 Å². The van der Waals surface area contributed by atoms with E-state index in [-0.39, 0.29) is 11.7 Å². The van der Waals surface area contributed by atoms with E-state index in [1.165, 1.54) is 0 Å². The highest BCUT2D eigenvalue weighted by Crippen LogP contribution is 2.28. The number of rotatable bonds is 3. The molecule has 78 valence electrons. The summed E-state index contributed by atoms with van der Waals surface area (Å²) in [6.45, 7) is 4.55. The number of halogens is 2. The summed E-state index contributed by atoms with van der Waals surface area (Å²) in [5.74, 6) is 0.0211. The third kappa shape index (κ3) is 2.55. The summed E-state index contributed by atoms with van der Waals surface area (Å²) in [6, 6.07) is 3.68. The van der Waals surface area contributed by atoms with Gasteiger partial charge in [-0.15, -0.1) is 0 Å². The van der Waals surface area contributed by atoms with Gasteiger partial charge in [-0.3, -0.25) is 0 Å². The molecular weight excluding hydrogens is 245 g/mol. The maximum absolute atomic E-state index is 13.7. The van der Waals surface area contributed by atoms with Crippen molar-refractivity contribution in [2.45, 2.75) is 26.2 Å². The highest BCUT2D eigenvalue weighted by atomic mass is 79.9. The van der Waals surface area contributed by atoms with Crippen molar-refractivity contribution in [3.05, 3.63) is 33.5 Å². The Labute approximate surface area is 92.6 Å². The Balaban J connectivity index is 3.07. The van der Waals surface area contributed by atoms with Crippen LogP contribution in [0.4, 0.5) is 4.39 Å². The van der Waals surface area contributed by atoms with E-state index in [2.05, 4.69) is 15.9 Å². The number of hydrogen-bond acceptors (Lipinski definition) is 1. The number of aryl methyl sites for hydroxylation is 1. The summed E-state index contributed by atoms with van der Waals surface area (Å²) in [7, 11) is 0. The number of hydrogen-bond donors (Lipinski definition) is 1. The van der Waals surface area contributed by atoms with Crippen LogP contribution in [0.5, 0.6) is 0 Å². The van der Waals surface area contributed by atoms with E-state index in [0.29, 0.717) is 11.0 Å². The molecule has 0 bridgehead atoms. The fourth-order valence-corrected chi connectivity index (χ4v) is 2.11. The third-order valence-electron chi connectivity index (χ3n) is 2.33. The molecule has 0 aromatic heterocycles. The molecule has 0 radical (unpaired) electrons. The largest absolute Gasteiger partial charge is 0.330 e. The molecule has 0 fully saturated rings. The lowest BCUT2D eigenvalue weighted by molar-refractivity contribution is 0.571. The van der Waals surface area contributed by atoms with E-state index in [1.807, 2.05) is 19.9 Å². The Morgan fingerprint density at radius 3 is 2.71 bits per heavy atom. The molecular formula is C11H15BrFN. The van der Waals surface area contributed by atoms with E-state index in [1.54, 1.807) is 6.07 Å². The van der Waals surface area contributed by atoms with Crippen molar-refractivity contribution in [3.8, 4) is 0 Å². The first-order valence-electron chi connectivity index (χ1n) is 4.72. The second kappa shape index (κ2) is 4.89. The number of nitrogens with two attached hydrogens (primary N) is 1. The Bertz CT molecular complexity index is 325. The minimum absolute atomic E-state index is 0.156. The van der Waals surface area contributed by atoms with Gasteiger partial charge in [0.25, 0.3) is 0 Å². The van der Waals surface area contributed by atoms with Crippen LogP contribution in [0.25, 0.3) is 0 Å². The van der Waals surface area contributed by atoms with Crippen LogP contribution in [0, 0.1) is 12.7 Å². The van der Waals surface area contributed by atoms with E-state index in [0.717, 1.165) is 17.5 Å². The van der Waals surface area contributed by atoms with E-state index in [4.69, 9.17) is 5.73 Å². The second-order valence-electron chi connectivity index (χ2n) is 3.63. The van der Waals surface area contributed by atoms with E-state index in [9.17, 15) is 4.39 Å². The van der Waals surface area contributed by atoms with Gasteiger partial charge >= 0.3 is 0 Å². The van der Waals surface area contributed by atoms with Gasteiger partial charge in [0.1, 0.15) is 5.82 Å². The Kier molecular flexibility index (Phi) is 4.08. The van der Waals surface area contributed by atoms with Crippen molar-refractivity contribution in [1.29, 1.82) is 0 Å². The van der Waals surface area contributed by atoms with Crippen molar-refractivity contribution in [2.24, 2.45) is 5.73 Å². The summed E-state index contributed by atoms with van der Waals surface area (Å²) in [6.07, 6.45) is 0.812. The van der Waals surface area contributed by atoms with Crippen LogP contribution in [-0.2, 0) is 0 Å². The van der Waals surface area contributed by atoms with Crippen LogP contribution < -0.4 is 5.73 Å². The average molecular weight is 260 g/mol. The zero-order valence-corrected chi connectivity index (χ0v) is 10.1. The van der Waals surface area contributed by atoms with Gasteiger partial charge in [-0.1, -0.05) is 13.0 Å². The van der Waals surface area contributed by atoms with Crippen LogP contribution >= 0.6 is 15.9 Å². The molecule has 1 aromatic rings. The van der Waals surface area contributed by atoms with Gasteiger partial charge in [0.15, 0.2) is 0 Å². The lowest BCUT2D eigenvalue weighted by atomic mass is 9.96. The summed E-state index contributed by atoms with van der Waals surface area (Å²) in [4.78, 5) is 0. The minimum Gasteiger partial charge on any atom is -0.330 e. The zero-order valence-electron chi connectivity index (χ0n) is 8.48. The molecule has 1 nitrogen and oxygen atoms in total. The molecule has 0 saturated heterocycles. The second-order valence-corrected chi connectivity index (χ2v) is 4.48. The maximum Gasteiger partial charge on any atom is 0.140 e. The summed E-state index contributed by atoms with van der Waals surface area (Å²) < 4.78 is 14.2. The first kappa shape index (κ1) is 11.7. The van der Waals surface area contributed by atoms with Gasteiger partial charge in [0, 0.05) is 0 Å². The van der Waals surface area contributed by atoms with Crippen molar-refractivity contribution in [3.63, 3.8) is 0 Å². The Morgan fingerprint density at radius 2 is 2.14 bits per heavy atom. The highest BCUT2D eigenvalue weighted by Gasteiger charge is 2.13. The molecule has 1 unspecified atom stereocenters. The molecule has 0 heterocycles. The van der Waals surface area contributed by atoms with Gasteiger partial charge in [0.2, 0.25) is 0 Å². The van der Waals surface area contributed by atoms with Crippen LogP contribution in [0.2, 0.25) is 0 Å². The topological polar surface area (TPSA) is 26.0 Å². The Morgan fingerprint density at radius 1 is 1.50 bits per heavy atom. The molecule has 14 heavy (non-hydrogen) atoms. The molecule has 0 spiro atoms. The van der Waals surface area contributed by atoms with E-state index < -0.39 is 0 Å². The zero-order chi connectivity index (χ0) is 10.7. The monoisotopic (exact) mass is 259 g/mol. The van der Waals surface area contributed by atoms with Gasteiger partial charge < -0.3 is 5.73 Å². The lowest BCUT2D eigenvalue weighted by Gasteiger charge is -2.13.